The van der Waals surface area contributed by atoms with Crippen LogP contribution in [0.25, 0.3) is 0 Å². The van der Waals surface area contributed by atoms with Crippen molar-refractivity contribution in [3.63, 3.8) is 0 Å². The quantitative estimate of drug-likeness (QED) is 0.836. The van der Waals surface area contributed by atoms with E-state index < -0.39 is 0 Å². The maximum Gasteiger partial charge on any atom is 0.255 e. The molecule has 1 aromatic heterocycles. The van der Waals surface area contributed by atoms with E-state index in [1.165, 1.54) is 5.56 Å². The highest BCUT2D eigenvalue weighted by atomic mass is 16.5. The smallest absolute Gasteiger partial charge is 0.255 e. The predicted octanol–water partition coefficient (Wildman–Crippen LogP) is 3.48. The Balaban J connectivity index is 1.50. The van der Waals surface area contributed by atoms with Crippen molar-refractivity contribution >= 4 is 0 Å². The van der Waals surface area contributed by atoms with E-state index in [2.05, 4.69) is 41.3 Å². The molecule has 1 aliphatic heterocycles. The lowest BCUT2D eigenvalue weighted by molar-refractivity contribution is 0.0355. The van der Waals surface area contributed by atoms with E-state index >= 15 is 0 Å². The molecule has 4 heteroatoms. The Morgan fingerprint density at radius 3 is 2.75 bits per heavy atom. The van der Waals surface area contributed by atoms with E-state index in [9.17, 15) is 0 Å². The van der Waals surface area contributed by atoms with E-state index in [1.807, 2.05) is 6.07 Å². The maximum atomic E-state index is 5.74. The molecule has 2 atom stereocenters. The number of hydrogen-bond acceptors (Lipinski definition) is 4. The zero-order chi connectivity index (χ0) is 13.8. The van der Waals surface area contributed by atoms with Gasteiger partial charge in [-0.25, -0.2) is 0 Å². The monoisotopic (exact) mass is 272 g/mol. The van der Waals surface area contributed by atoms with Crippen LogP contribution in [0.2, 0.25) is 0 Å². The fraction of sp³-hybridized carbons (Fsp3) is 0.500. The minimum atomic E-state index is 0.000346. The van der Waals surface area contributed by atoms with Gasteiger partial charge < -0.3 is 9.26 Å². The molecule has 4 nitrogen and oxygen atoms in total. The molecule has 0 N–H and O–H groups in total. The molecule has 0 saturated carbocycles. The minimum absolute atomic E-state index is 0.000346. The van der Waals surface area contributed by atoms with Gasteiger partial charge in [0, 0.05) is 6.42 Å². The van der Waals surface area contributed by atoms with Crippen molar-refractivity contribution in [2.75, 3.05) is 0 Å². The summed E-state index contributed by atoms with van der Waals surface area (Å²) in [7, 11) is 0. The summed E-state index contributed by atoms with van der Waals surface area (Å²) >= 11 is 0. The number of aryl methyl sites for hydroxylation is 2. The van der Waals surface area contributed by atoms with Gasteiger partial charge in [-0.1, -0.05) is 35.5 Å². The minimum Gasteiger partial charge on any atom is -0.365 e. The van der Waals surface area contributed by atoms with E-state index in [4.69, 9.17) is 9.26 Å². The van der Waals surface area contributed by atoms with Crippen LogP contribution in [0.1, 0.15) is 49.6 Å². The SMILES string of the molecule is C[C@@H]1CC[C@@H](c2nc(CCCc3ccccc3)no2)O1. The summed E-state index contributed by atoms with van der Waals surface area (Å²) in [5.41, 5.74) is 1.35. The lowest BCUT2D eigenvalue weighted by Gasteiger charge is -2.04. The van der Waals surface area contributed by atoms with Gasteiger partial charge >= 0.3 is 0 Å². The Bertz CT molecular complexity index is 538. The van der Waals surface area contributed by atoms with Gasteiger partial charge in [0.05, 0.1) is 6.10 Å². The average molecular weight is 272 g/mol. The van der Waals surface area contributed by atoms with Gasteiger partial charge in [0.1, 0.15) is 6.10 Å². The van der Waals surface area contributed by atoms with Crippen LogP contribution in [0.15, 0.2) is 34.9 Å². The molecule has 2 heterocycles. The first-order valence-electron chi connectivity index (χ1n) is 7.33. The molecule has 0 bridgehead atoms. The summed E-state index contributed by atoms with van der Waals surface area (Å²) in [5.74, 6) is 1.43. The van der Waals surface area contributed by atoms with Crippen LogP contribution in [-0.2, 0) is 17.6 Å². The van der Waals surface area contributed by atoms with Gasteiger partial charge in [0.2, 0.25) is 0 Å². The molecule has 0 radical (unpaired) electrons. The Morgan fingerprint density at radius 2 is 2.00 bits per heavy atom. The fourth-order valence-electron chi connectivity index (χ4n) is 2.58. The van der Waals surface area contributed by atoms with Crippen molar-refractivity contribution in [3.8, 4) is 0 Å². The number of rotatable bonds is 5. The molecule has 3 rings (SSSR count). The second kappa shape index (κ2) is 6.18. The van der Waals surface area contributed by atoms with E-state index in [-0.39, 0.29) is 6.10 Å². The Hall–Kier alpha value is -1.68. The van der Waals surface area contributed by atoms with Gasteiger partial charge in [0.25, 0.3) is 5.89 Å². The number of aromatic nitrogens is 2. The van der Waals surface area contributed by atoms with Gasteiger partial charge in [-0.15, -0.1) is 0 Å². The van der Waals surface area contributed by atoms with Crippen molar-refractivity contribution in [1.82, 2.24) is 10.1 Å². The molecule has 0 spiro atoms. The van der Waals surface area contributed by atoms with Gasteiger partial charge in [-0.3, -0.25) is 0 Å². The van der Waals surface area contributed by atoms with Crippen LogP contribution >= 0.6 is 0 Å². The van der Waals surface area contributed by atoms with E-state index in [0.29, 0.717) is 12.0 Å². The summed E-state index contributed by atoms with van der Waals surface area (Å²) < 4.78 is 11.1. The second-order valence-corrected chi connectivity index (χ2v) is 5.40. The molecule has 1 aliphatic rings. The highest BCUT2D eigenvalue weighted by Crippen LogP contribution is 2.31. The van der Waals surface area contributed by atoms with Crippen molar-refractivity contribution in [2.24, 2.45) is 0 Å². The van der Waals surface area contributed by atoms with Crippen LogP contribution in [-0.4, -0.2) is 16.2 Å². The van der Waals surface area contributed by atoms with Gasteiger partial charge in [-0.2, -0.15) is 4.98 Å². The van der Waals surface area contributed by atoms with Crippen LogP contribution in [0.5, 0.6) is 0 Å². The molecular weight excluding hydrogens is 252 g/mol. The van der Waals surface area contributed by atoms with E-state index in [1.54, 1.807) is 0 Å². The van der Waals surface area contributed by atoms with Gasteiger partial charge in [0.15, 0.2) is 5.82 Å². The fourth-order valence-corrected chi connectivity index (χ4v) is 2.58. The number of nitrogens with zero attached hydrogens (tertiary/aromatic N) is 2. The van der Waals surface area contributed by atoms with Crippen LogP contribution < -0.4 is 0 Å². The largest absolute Gasteiger partial charge is 0.365 e. The lowest BCUT2D eigenvalue weighted by Crippen LogP contribution is -2.01. The van der Waals surface area contributed by atoms with Crippen molar-refractivity contribution in [1.29, 1.82) is 0 Å². The molecule has 1 saturated heterocycles. The Kier molecular flexibility index (Phi) is 4.11. The van der Waals surface area contributed by atoms with Crippen LogP contribution in [0.4, 0.5) is 0 Å². The van der Waals surface area contributed by atoms with Crippen LogP contribution in [0.3, 0.4) is 0 Å². The average Bonchev–Trinajstić information content (AvgIpc) is 3.09. The summed E-state index contributed by atoms with van der Waals surface area (Å²) in [6, 6.07) is 10.5. The molecule has 106 valence electrons. The number of ether oxygens (including phenoxy) is 1. The molecule has 0 unspecified atom stereocenters. The summed E-state index contributed by atoms with van der Waals surface area (Å²) in [4.78, 5) is 4.46. The molecule has 0 aliphatic carbocycles. The molecule has 1 fully saturated rings. The first kappa shape index (κ1) is 13.3. The summed E-state index contributed by atoms with van der Waals surface area (Å²) in [6.07, 6.45) is 5.27. The normalized spacial score (nSPS) is 22.2. The standard InChI is InChI=1S/C16H20N2O2/c1-12-10-11-14(19-12)16-17-15(18-20-16)9-5-8-13-6-3-2-4-7-13/h2-4,6-7,12,14H,5,8-11H2,1H3/t12-,14+/m1/s1. The van der Waals surface area contributed by atoms with Crippen LogP contribution in [0, 0.1) is 0 Å². The first-order valence-corrected chi connectivity index (χ1v) is 7.33. The molecular formula is C16H20N2O2. The highest BCUT2D eigenvalue weighted by molar-refractivity contribution is 5.14. The number of benzene rings is 1. The third-order valence-corrected chi connectivity index (χ3v) is 3.70. The summed E-state index contributed by atoms with van der Waals surface area (Å²) in [6.45, 7) is 2.08. The van der Waals surface area contributed by atoms with Crippen molar-refractivity contribution < 1.29 is 9.26 Å². The van der Waals surface area contributed by atoms with E-state index in [0.717, 1.165) is 37.9 Å². The Morgan fingerprint density at radius 1 is 1.15 bits per heavy atom. The molecule has 2 aromatic rings. The van der Waals surface area contributed by atoms with Crippen molar-refractivity contribution in [3.05, 3.63) is 47.6 Å². The molecule has 0 amide bonds. The third-order valence-electron chi connectivity index (χ3n) is 3.70. The van der Waals surface area contributed by atoms with Gasteiger partial charge in [-0.05, 0) is 38.2 Å². The summed E-state index contributed by atoms with van der Waals surface area (Å²) in [5, 5.41) is 4.05. The lowest BCUT2D eigenvalue weighted by atomic mass is 10.1. The zero-order valence-electron chi connectivity index (χ0n) is 11.8. The second-order valence-electron chi connectivity index (χ2n) is 5.40. The first-order chi connectivity index (χ1) is 9.81. The zero-order valence-corrected chi connectivity index (χ0v) is 11.8. The van der Waals surface area contributed by atoms with Crippen molar-refractivity contribution in [2.45, 2.75) is 51.2 Å². The topological polar surface area (TPSA) is 48.2 Å². The predicted molar refractivity (Wildman–Crippen MR) is 75.3 cm³/mol. The highest BCUT2D eigenvalue weighted by Gasteiger charge is 2.28. The third kappa shape index (κ3) is 3.25. The molecule has 20 heavy (non-hydrogen) atoms. The Labute approximate surface area is 119 Å². The number of hydrogen-bond donors (Lipinski definition) is 0. The molecule has 1 aromatic carbocycles. The maximum absolute atomic E-state index is 5.74.